The van der Waals surface area contributed by atoms with Crippen LogP contribution >= 0.6 is 0 Å². The van der Waals surface area contributed by atoms with Crippen LogP contribution in [0.3, 0.4) is 0 Å². The smallest absolute Gasteiger partial charge is 0.408 e. The third kappa shape index (κ3) is 6.73. The average Bonchev–Trinajstić information content (AvgIpc) is 1.99. The van der Waals surface area contributed by atoms with E-state index in [-0.39, 0.29) is 13.0 Å². The molecule has 0 bridgehead atoms. The maximum atomic E-state index is 11.2. The fourth-order valence-corrected chi connectivity index (χ4v) is 0.874. The Morgan fingerprint density at radius 3 is 2.33 bits per heavy atom. The third-order valence-corrected chi connectivity index (χ3v) is 1.44. The van der Waals surface area contributed by atoms with Crippen molar-refractivity contribution in [2.24, 2.45) is 5.73 Å². The number of rotatable bonds is 4. The molecule has 1 unspecified atom stereocenters. The first-order valence-electron chi connectivity index (χ1n) is 4.68. The van der Waals surface area contributed by atoms with Crippen molar-refractivity contribution in [3.63, 3.8) is 0 Å². The topological polar surface area (TPSA) is 102 Å². The monoisotopic (exact) mass is 218 g/mol. The Hall–Kier alpha value is -1.30. The second-order valence-electron chi connectivity index (χ2n) is 4.11. The second kappa shape index (κ2) is 5.55. The number of hydrogen-bond donors (Lipinski definition) is 3. The fraction of sp³-hybridized carbons (Fsp3) is 0.778. The lowest BCUT2D eigenvalue weighted by molar-refractivity contribution is -0.139. The summed E-state index contributed by atoms with van der Waals surface area (Å²) in [6.07, 6.45) is -0.572. The molecule has 0 fully saturated rings. The standard InChI is InChI=1S/C9H18N2O4/c1-9(2,3)15-8(14)11-6(4-5-10)7(12)13/h6H,4-5,10H2,1-3H3,(H,11,14)(H,12,13). The van der Waals surface area contributed by atoms with Gasteiger partial charge in [0.1, 0.15) is 11.6 Å². The number of amides is 1. The molecule has 4 N–H and O–H groups in total. The lowest BCUT2D eigenvalue weighted by Gasteiger charge is -2.21. The molecule has 1 atom stereocenters. The largest absolute Gasteiger partial charge is 0.480 e. The summed E-state index contributed by atoms with van der Waals surface area (Å²) in [7, 11) is 0. The Bertz CT molecular complexity index is 235. The summed E-state index contributed by atoms with van der Waals surface area (Å²) in [5, 5.41) is 11.0. The number of nitrogens with two attached hydrogens (primary N) is 1. The number of carboxylic acids is 1. The summed E-state index contributed by atoms with van der Waals surface area (Å²) in [5.41, 5.74) is 4.57. The number of carbonyl (C=O) groups is 2. The molecule has 0 aliphatic carbocycles. The van der Waals surface area contributed by atoms with Gasteiger partial charge < -0.3 is 20.9 Å². The van der Waals surface area contributed by atoms with Crippen LogP contribution < -0.4 is 11.1 Å². The summed E-state index contributed by atoms with van der Waals surface area (Å²) in [6, 6.07) is -0.996. The molecule has 0 radical (unpaired) electrons. The first kappa shape index (κ1) is 13.7. The molecule has 15 heavy (non-hydrogen) atoms. The summed E-state index contributed by atoms with van der Waals surface area (Å²) in [5.74, 6) is -1.12. The van der Waals surface area contributed by atoms with Crippen LogP contribution in [0.15, 0.2) is 0 Å². The minimum absolute atomic E-state index is 0.175. The molecule has 0 heterocycles. The van der Waals surface area contributed by atoms with Crippen LogP contribution in [0, 0.1) is 0 Å². The minimum Gasteiger partial charge on any atom is -0.480 e. The predicted molar refractivity (Wildman–Crippen MR) is 54.5 cm³/mol. The van der Waals surface area contributed by atoms with E-state index in [0.717, 1.165) is 0 Å². The SMILES string of the molecule is CC(C)(C)OC(=O)NC(CCN)C(=O)O. The number of carbonyl (C=O) groups excluding carboxylic acids is 1. The zero-order chi connectivity index (χ0) is 12.1. The third-order valence-electron chi connectivity index (χ3n) is 1.44. The highest BCUT2D eigenvalue weighted by atomic mass is 16.6. The van der Waals surface area contributed by atoms with Gasteiger partial charge in [0.2, 0.25) is 0 Å². The highest BCUT2D eigenvalue weighted by Crippen LogP contribution is 2.07. The van der Waals surface area contributed by atoms with Crippen LogP contribution in [-0.4, -0.2) is 35.4 Å². The minimum atomic E-state index is -1.12. The van der Waals surface area contributed by atoms with E-state index in [2.05, 4.69) is 5.32 Å². The van der Waals surface area contributed by atoms with Crippen molar-refractivity contribution in [3.05, 3.63) is 0 Å². The van der Waals surface area contributed by atoms with E-state index in [1.54, 1.807) is 20.8 Å². The molecule has 0 aliphatic heterocycles. The Labute approximate surface area is 88.8 Å². The lowest BCUT2D eigenvalue weighted by Crippen LogP contribution is -2.44. The summed E-state index contributed by atoms with van der Waals surface area (Å²) in [4.78, 5) is 21.9. The molecule has 0 saturated carbocycles. The lowest BCUT2D eigenvalue weighted by atomic mass is 10.2. The van der Waals surface area contributed by atoms with Crippen molar-refractivity contribution < 1.29 is 19.4 Å². The number of ether oxygens (including phenoxy) is 1. The number of alkyl carbamates (subject to hydrolysis) is 1. The molecule has 0 spiro atoms. The first-order chi connectivity index (χ1) is 6.76. The Morgan fingerprint density at radius 2 is 2.00 bits per heavy atom. The van der Waals surface area contributed by atoms with Crippen molar-refractivity contribution in [1.29, 1.82) is 0 Å². The van der Waals surface area contributed by atoms with E-state index >= 15 is 0 Å². The van der Waals surface area contributed by atoms with Crippen LogP contribution in [-0.2, 0) is 9.53 Å². The maximum Gasteiger partial charge on any atom is 0.408 e. The summed E-state index contributed by atoms with van der Waals surface area (Å²) < 4.78 is 4.91. The number of carboxylic acid groups (broad SMARTS) is 1. The van der Waals surface area contributed by atoms with Gasteiger partial charge in [-0.2, -0.15) is 0 Å². The van der Waals surface area contributed by atoms with Crippen LogP contribution in [0.2, 0.25) is 0 Å². The van der Waals surface area contributed by atoms with Gasteiger partial charge in [0.05, 0.1) is 0 Å². The summed E-state index contributed by atoms with van der Waals surface area (Å²) >= 11 is 0. The highest BCUT2D eigenvalue weighted by molar-refractivity contribution is 5.79. The van der Waals surface area contributed by atoms with E-state index in [4.69, 9.17) is 15.6 Å². The Kier molecular flexibility index (Phi) is 5.07. The molecular weight excluding hydrogens is 200 g/mol. The van der Waals surface area contributed by atoms with Crippen LogP contribution in [0.5, 0.6) is 0 Å². The van der Waals surface area contributed by atoms with E-state index in [9.17, 15) is 9.59 Å². The van der Waals surface area contributed by atoms with E-state index in [1.165, 1.54) is 0 Å². The van der Waals surface area contributed by atoms with E-state index in [0.29, 0.717) is 0 Å². The van der Waals surface area contributed by atoms with Gasteiger partial charge in [-0.3, -0.25) is 0 Å². The summed E-state index contributed by atoms with van der Waals surface area (Å²) in [6.45, 7) is 5.29. The highest BCUT2D eigenvalue weighted by Gasteiger charge is 2.22. The van der Waals surface area contributed by atoms with E-state index < -0.39 is 23.7 Å². The molecule has 0 aromatic heterocycles. The van der Waals surface area contributed by atoms with Gasteiger partial charge in [0, 0.05) is 0 Å². The second-order valence-corrected chi connectivity index (χ2v) is 4.11. The quantitative estimate of drug-likeness (QED) is 0.630. The van der Waals surface area contributed by atoms with Gasteiger partial charge in [-0.05, 0) is 33.7 Å². The normalized spacial score (nSPS) is 13.1. The average molecular weight is 218 g/mol. The van der Waals surface area contributed by atoms with Crippen LogP contribution in [0.4, 0.5) is 4.79 Å². The molecule has 0 aliphatic rings. The fourth-order valence-electron chi connectivity index (χ4n) is 0.874. The van der Waals surface area contributed by atoms with Gasteiger partial charge in [-0.15, -0.1) is 0 Å². The molecule has 6 nitrogen and oxygen atoms in total. The van der Waals surface area contributed by atoms with Gasteiger partial charge in [0.25, 0.3) is 0 Å². The Balaban J connectivity index is 4.18. The van der Waals surface area contributed by atoms with Gasteiger partial charge >= 0.3 is 12.1 Å². The molecule has 0 aromatic rings. The molecule has 0 saturated heterocycles. The number of hydrogen-bond acceptors (Lipinski definition) is 4. The molecule has 0 aromatic carbocycles. The Morgan fingerprint density at radius 1 is 1.47 bits per heavy atom. The van der Waals surface area contributed by atoms with Gasteiger partial charge in [-0.25, -0.2) is 9.59 Å². The number of aliphatic carboxylic acids is 1. The van der Waals surface area contributed by atoms with Crippen molar-refractivity contribution in [1.82, 2.24) is 5.32 Å². The zero-order valence-corrected chi connectivity index (χ0v) is 9.24. The molecule has 6 heteroatoms. The van der Waals surface area contributed by atoms with Gasteiger partial charge in [0.15, 0.2) is 0 Å². The molecule has 0 rings (SSSR count). The first-order valence-corrected chi connectivity index (χ1v) is 4.68. The van der Waals surface area contributed by atoms with Crippen molar-refractivity contribution in [2.75, 3.05) is 6.54 Å². The van der Waals surface area contributed by atoms with Crippen LogP contribution in [0.1, 0.15) is 27.2 Å². The van der Waals surface area contributed by atoms with Crippen molar-refractivity contribution >= 4 is 12.1 Å². The number of nitrogens with one attached hydrogen (secondary N) is 1. The maximum absolute atomic E-state index is 11.2. The molecule has 88 valence electrons. The predicted octanol–water partition coefficient (Wildman–Crippen LogP) is 0.313. The molecule has 1 amide bonds. The van der Waals surface area contributed by atoms with Crippen molar-refractivity contribution in [3.8, 4) is 0 Å². The van der Waals surface area contributed by atoms with Crippen molar-refractivity contribution in [2.45, 2.75) is 38.8 Å². The zero-order valence-electron chi connectivity index (χ0n) is 9.24. The van der Waals surface area contributed by atoms with E-state index in [1.807, 2.05) is 0 Å². The van der Waals surface area contributed by atoms with Crippen LogP contribution in [0.25, 0.3) is 0 Å². The molecular formula is C9H18N2O4. The van der Waals surface area contributed by atoms with Gasteiger partial charge in [-0.1, -0.05) is 0 Å².